The summed E-state index contributed by atoms with van der Waals surface area (Å²) < 4.78 is 11.6. The third-order valence-corrected chi connectivity index (χ3v) is 4.43. The normalized spacial score (nSPS) is 10.6. The van der Waals surface area contributed by atoms with Crippen molar-refractivity contribution in [2.45, 2.75) is 13.5 Å². The quantitative estimate of drug-likeness (QED) is 0.270. The summed E-state index contributed by atoms with van der Waals surface area (Å²) in [5, 5.41) is 8.35. The number of benzene rings is 3. The minimum absolute atomic E-state index is 0.408. The van der Waals surface area contributed by atoms with E-state index in [9.17, 15) is 0 Å². The number of nitrogens with one attached hydrogen (secondary N) is 2. The standard InChI is InChI=1S/C23H22ClN3O2S/c1-2-28-22-14-18(15-25-27-23(30)26-20-6-4-3-5-7-20)10-13-21(22)29-16-17-8-11-19(24)12-9-17/h3-15H,2,16H2,1H3,(H2,26,27,30). The molecule has 0 fully saturated rings. The topological polar surface area (TPSA) is 54.9 Å². The van der Waals surface area contributed by atoms with Crippen LogP contribution in [0.4, 0.5) is 5.69 Å². The molecule has 30 heavy (non-hydrogen) atoms. The van der Waals surface area contributed by atoms with Crippen molar-refractivity contribution < 1.29 is 9.47 Å². The van der Waals surface area contributed by atoms with Crippen molar-refractivity contribution in [2.24, 2.45) is 5.10 Å². The van der Waals surface area contributed by atoms with E-state index in [0.29, 0.717) is 34.8 Å². The first-order valence-electron chi connectivity index (χ1n) is 9.43. The Labute approximate surface area is 186 Å². The van der Waals surface area contributed by atoms with E-state index >= 15 is 0 Å². The number of hydrogen-bond donors (Lipinski definition) is 2. The van der Waals surface area contributed by atoms with Gasteiger partial charge in [-0.25, -0.2) is 0 Å². The van der Waals surface area contributed by atoms with E-state index in [1.165, 1.54) is 0 Å². The Morgan fingerprint density at radius 1 is 1.00 bits per heavy atom. The Bertz CT molecular complexity index is 995. The molecule has 0 saturated carbocycles. The van der Waals surface area contributed by atoms with Crippen LogP contribution in [-0.2, 0) is 6.61 Å². The molecule has 7 heteroatoms. The van der Waals surface area contributed by atoms with Crippen molar-refractivity contribution in [3.05, 3.63) is 88.9 Å². The molecule has 3 aromatic rings. The highest BCUT2D eigenvalue weighted by molar-refractivity contribution is 7.80. The molecular formula is C23H22ClN3O2S. The van der Waals surface area contributed by atoms with E-state index in [2.05, 4.69) is 15.8 Å². The van der Waals surface area contributed by atoms with E-state index in [4.69, 9.17) is 33.3 Å². The first kappa shape index (κ1) is 21.6. The molecule has 0 aliphatic carbocycles. The first-order chi connectivity index (χ1) is 14.6. The number of hydrazone groups is 1. The van der Waals surface area contributed by atoms with Crippen LogP contribution < -0.4 is 20.2 Å². The Morgan fingerprint density at radius 2 is 1.77 bits per heavy atom. The van der Waals surface area contributed by atoms with E-state index in [1.807, 2.05) is 79.7 Å². The summed E-state index contributed by atoms with van der Waals surface area (Å²) in [6.07, 6.45) is 1.67. The van der Waals surface area contributed by atoms with Gasteiger partial charge in [-0.05, 0) is 72.7 Å². The van der Waals surface area contributed by atoms with E-state index in [1.54, 1.807) is 6.21 Å². The van der Waals surface area contributed by atoms with Crippen molar-refractivity contribution in [3.8, 4) is 11.5 Å². The summed E-state index contributed by atoms with van der Waals surface area (Å²) >= 11 is 11.2. The van der Waals surface area contributed by atoms with Crippen molar-refractivity contribution in [3.63, 3.8) is 0 Å². The molecule has 0 aliphatic heterocycles. The lowest BCUT2D eigenvalue weighted by molar-refractivity contribution is 0.269. The van der Waals surface area contributed by atoms with Gasteiger partial charge in [0.1, 0.15) is 6.61 Å². The zero-order valence-corrected chi connectivity index (χ0v) is 18.0. The summed E-state index contributed by atoms with van der Waals surface area (Å²) in [6, 6.07) is 22.8. The van der Waals surface area contributed by atoms with Crippen LogP contribution >= 0.6 is 23.8 Å². The average Bonchev–Trinajstić information content (AvgIpc) is 2.75. The number of anilines is 1. The largest absolute Gasteiger partial charge is 0.490 e. The summed E-state index contributed by atoms with van der Waals surface area (Å²) in [5.74, 6) is 1.32. The maximum Gasteiger partial charge on any atom is 0.191 e. The van der Waals surface area contributed by atoms with Crippen LogP contribution in [-0.4, -0.2) is 17.9 Å². The molecule has 0 amide bonds. The molecule has 0 heterocycles. The molecule has 0 atom stereocenters. The number of thiocarbonyl (C=S) groups is 1. The number of ether oxygens (including phenoxy) is 2. The number of para-hydroxylation sites is 1. The Balaban J connectivity index is 1.60. The van der Waals surface area contributed by atoms with Crippen LogP contribution in [0.3, 0.4) is 0 Å². The smallest absolute Gasteiger partial charge is 0.191 e. The molecule has 2 N–H and O–H groups in total. The lowest BCUT2D eigenvalue weighted by Crippen LogP contribution is -2.23. The third kappa shape index (κ3) is 6.76. The third-order valence-electron chi connectivity index (χ3n) is 3.99. The van der Waals surface area contributed by atoms with Gasteiger partial charge in [0.2, 0.25) is 0 Å². The predicted molar refractivity (Wildman–Crippen MR) is 127 cm³/mol. The number of rotatable bonds is 8. The van der Waals surface area contributed by atoms with E-state index < -0.39 is 0 Å². The molecule has 0 aromatic heterocycles. The molecule has 0 aliphatic rings. The average molecular weight is 440 g/mol. The van der Waals surface area contributed by atoms with Gasteiger partial charge in [-0.1, -0.05) is 41.9 Å². The fourth-order valence-corrected chi connectivity index (χ4v) is 2.88. The van der Waals surface area contributed by atoms with Crippen LogP contribution in [0.15, 0.2) is 77.9 Å². The number of nitrogens with zero attached hydrogens (tertiary/aromatic N) is 1. The van der Waals surface area contributed by atoms with Crippen molar-refractivity contribution >= 4 is 40.8 Å². The minimum atomic E-state index is 0.408. The van der Waals surface area contributed by atoms with E-state index in [0.717, 1.165) is 16.8 Å². The molecule has 0 bridgehead atoms. The fourth-order valence-electron chi connectivity index (χ4n) is 2.58. The predicted octanol–water partition coefficient (Wildman–Crippen LogP) is 5.64. The molecule has 154 valence electrons. The van der Waals surface area contributed by atoms with Crippen LogP contribution in [0.25, 0.3) is 0 Å². The van der Waals surface area contributed by atoms with Crippen LogP contribution in [0.5, 0.6) is 11.5 Å². The number of hydrogen-bond acceptors (Lipinski definition) is 4. The number of halogens is 1. The van der Waals surface area contributed by atoms with Gasteiger partial charge in [-0.3, -0.25) is 5.43 Å². The molecule has 3 aromatic carbocycles. The lowest BCUT2D eigenvalue weighted by atomic mass is 10.2. The minimum Gasteiger partial charge on any atom is -0.490 e. The van der Waals surface area contributed by atoms with E-state index in [-0.39, 0.29) is 0 Å². The van der Waals surface area contributed by atoms with Crippen molar-refractivity contribution in [1.29, 1.82) is 0 Å². The van der Waals surface area contributed by atoms with Crippen LogP contribution in [0, 0.1) is 0 Å². The molecule has 0 spiro atoms. The van der Waals surface area contributed by atoms with Gasteiger partial charge in [0.25, 0.3) is 0 Å². The van der Waals surface area contributed by atoms with Gasteiger partial charge in [-0.2, -0.15) is 5.10 Å². The monoisotopic (exact) mass is 439 g/mol. The second kappa shape index (κ2) is 11.2. The molecular weight excluding hydrogens is 418 g/mol. The second-order valence-corrected chi connectivity index (χ2v) is 7.09. The summed E-state index contributed by atoms with van der Waals surface area (Å²) in [6.45, 7) is 2.88. The highest BCUT2D eigenvalue weighted by atomic mass is 35.5. The Morgan fingerprint density at radius 3 is 2.50 bits per heavy atom. The SMILES string of the molecule is CCOc1cc(C=NNC(=S)Nc2ccccc2)ccc1OCc1ccc(Cl)cc1. The van der Waals surface area contributed by atoms with Gasteiger partial charge in [0, 0.05) is 10.7 Å². The Kier molecular flexibility index (Phi) is 8.06. The maximum atomic E-state index is 5.92. The second-order valence-electron chi connectivity index (χ2n) is 6.24. The molecule has 0 unspecified atom stereocenters. The first-order valence-corrected chi connectivity index (χ1v) is 10.2. The molecule has 3 rings (SSSR count). The van der Waals surface area contributed by atoms with Gasteiger partial charge in [0.15, 0.2) is 16.6 Å². The fraction of sp³-hybridized carbons (Fsp3) is 0.130. The highest BCUT2D eigenvalue weighted by Crippen LogP contribution is 2.29. The van der Waals surface area contributed by atoms with Gasteiger partial charge < -0.3 is 14.8 Å². The van der Waals surface area contributed by atoms with Crippen LogP contribution in [0.2, 0.25) is 5.02 Å². The maximum absolute atomic E-state index is 5.92. The van der Waals surface area contributed by atoms with Gasteiger partial charge >= 0.3 is 0 Å². The zero-order chi connectivity index (χ0) is 21.2. The highest BCUT2D eigenvalue weighted by Gasteiger charge is 2.07. The zero-order valence-electron chi connectivity index (χ0n) is 16.5. The van der Waals surface area contributed by atoms with Crippen molar-refractivity contribution in [2.75, 3.05) is 11.9 Å². The van der Waals surface area contributed by atoms with Gasteiger partial charge in [0.05, 0.1) is 12.8 Å². The molecule has 0 saturated heterocycles. The molecule has 5 nitrogen and oxygen atoms in total. The van der Waals surface area contributed by atoms with Crippen molar-refractivity contribution in [1.82, 2.24) is 5.43 Å². The Hall–Kier alpha value is -3.09. The summed E-state index contributed by atoms with van der Waals surface area (Å²) in [7, 11) is 0. The summed E-state index contributed by atoms with van der Waals surface area (Å²) in [5.41, 5.74) is 5.58. The summed E-state index contributed by atoms with van der Waals surface area (Å²) in [4.78, 5) is 0. The van der Waals surface area contributed by atoms with Crippen LogP contribution in [0.1, 0.15) is 18.1 Å². The molecule has 0 radical (unpaired) electrons. The van der Waals surface area contributed by atoms with Gasteiger partial charge in [-0.15, -0.1) is 0 Å². The lowest BCUT2D eigenvalue weighted by Gasteiger charge is -2.13.